The number of aromatic nitrogens is 1. The number of carbonyl (C=O) groups is 1. The van der Waals surface area contributed by atoms with Crippen LogP contribution in [0.15, 0.2) is 47.3 Å². The molecule has 0 fully saturated rings. The van der Waals surface area contributed by atoms with Crippen LogP contribution in [0.5, 0.6) is 5.75 Å². The Labute approximate surface area is 201 Å². The molecule has 1 amide bonds. The summed E-state index contributed by atoms with van der Waals surface area (Å²) in [7, 11) is 0. The molecular weight excluding hydrogens is 458 g/mol. The topological polar surface area (TPSA) is 74.6 Å². The highest BCUT2D eigenvalue weighted by Gasteiger charge is 2.27. The Bertz CT molecular complexity index is 1360. The number of hydrogen-bond acceptors (Lipinski definition) is 5. The van der Waals surface area contributed by atoms with Crippen molar-refractivity contribution in [3.63, 3.8) is 0 Å². The van der Waals surface area contributed by atoms with Gasteiger partial charge in [0, 0.05) is 22.8 Å². The number of hydrogen-bond donors (Lipinski definition) is 2. The monoisotopic (exact) mass is 483 g/mol. The molecule has 0 aliphatic carbocycles. The Morgan fingerprint density at radius 1 is 1.12 bits per heavy atom. The zero-order valence-electron chi connectivity index (χ0n) is 18.6. The molecule has 3 aromatic rings. The summed E-state index contributed by atoms with van der Waals surface area (Å²) in [6.07, 6.45) is 2.59. The number of halogens is 1. The predicted molar refractivity (Wildman–Crippen MR) is 134 cm³/mol. The van der Waals surface area contributed by atoms with Crippen molar-refractivity contribution in [1.82, 2.24) is 9.47 Å². The number of amides is 1. The molecule has 172 valence electrons. The number of anilines is 1. The first kappa shape index (κ1) is 23.3. The van der Waals surface area contributed by atoms with Crippen molar-refractivity contribution in [2.75, 3.05) is 25.0 Å². The van der Waals surface area contributed by atoms with Crippen LogP contribution in [0.25, 0.3) is 11.6 Å². The Morgan fingerprint density at radius 2 is 1.85 bits per heavy atom. The predicted octanol–water partition coefficient (Wildman–Crippen LogP) is 2.98. The van der Waals surface area contributed by atoms with Crippen LogP contribution in [0.1, 0.15) is 31.4 Å². The molecule has 0 saturated carbocycles. The van der Waals surface area contributed by atoms with Crippen LogP contribution < -0.4 is 20.1 Å². The van der Waals surface area contributed by atoms with E-state index in [0.29, 0.717) is 37.6 Å². The van der Waals surface area contributed by atoms with E-state index >= 15 is 0 Å². The number of nitrogens with zero attached hydrogens (tertiary/aromatic N) is 2. The van der Waals surface area contributed by atoms with Gasteiger partial charge >= 0.3 is 0 Å². The standard InChI is InChI=1S/C25H26ClN3O3S/c1-3-28(4-2)12-5-13-29-24(32)21(14-16-6-9-18(30)10-7-16)33-25(29)22-19-15-17(26)8-11-20(19)27-23(22)31/h6-11,14-15,30H,3-5,12-13H2,1-2H3,(H,27,31)/b21-14-,25-22-. The molecule has 0 spiro atoms. The second-order valence-corrected chi connectivity index (χ2v) is 9.33. The van der Waals surface area contributed by atoms with Crippen molar-refractivity contribution in [2.45, 2.75) is 26.8 Å². The van der Waals surface area contributed by atoms with E-state index in [2.05, 4.69) is 24.1 Å². The van der Waals surface area contributed by atoms with E-state index in [-0.39, 0.29) is 17.2 Å². The number of phenolic OH excluding ortho intramolecular Hbond substituents is 1. The molecule has 4 rings (SSSR count). The van der Waals surface area contributed by atoms with Crippen molar-refractivity contribution in [3.05, 3.63) is 78.2 Å². The third kappa shape index (κ3) is 4.90. The lowest BCUT2D eigenvalue weighted by atomic mass is 10.1. The normalized spacial score (nSPS) is 15.3. The maximum atomic E-state index is 13.4. The van der Waals surface area contributed by atoms with E-state index in [1.807, 2.05) is 0 Å². The van der Waals surface area contributed by atoms with Gasteiger partial charge in [-0.1, -0.05) is 37.6 Å². The van der Waals surface area contributed by atoms with Gasteiger partial charge in [-0.3, -0.25) is 14.2 Å². The van der Waals surface area contributed by atoms with Crippen molar-refractivity contribution in [1.29, 1.82) is 0 Å². The zero-order chi connectivity index (χ0) is 23.5. The summed E-state index contributed by atoms with van der Waals surface area (Å²) in [5, 5.41) is 13.0. The van der Waals surface area contributed by atoms with Crippen LogP contribution >= 0.6 is 22.9 Å². The Balaban J connectivity index is 1.88. The molecule has 0 atom stereocenters. The van der Waals surface area contributed by atoms with Gasteiger partial charge in [-0.2, -0.15) is 0 Å². The fourth-order valence-electron chi connectivity index (χ4n) is 3.97. The van der Waals surface area contributed by atoms with Gasteiger partial charge in [0.1, 0.15) is 10.4 Å². The second kappa shape index (κ2) is 9.95. The molecule has 2 heterocycles. The summed E-state index contributed by atoms with van der Waals surface area (Å²) < 4.78 is 2.88. The minimum atomic E-state index is -0.234. The zero-order valence-corrected chi connectivity index (χ0v) is 20.2. The lowest BCUT2D eigenvalue weighted by molar-refractivity contribution is -0.110. The summed E-state index contributed by atoms with van der Waals surface area (Å²) >= 11 is 7.52. The van der Waals surface area contributed by atoms with E-state index < -0.39 is 0 Å². The summed E-state index contributed by atoms with van der Waals surface area (Å²) in [6, 6.07) is 12.0. The van der Waals surface area contributed by atoms with Gasteiger partial charge < -0.3 is 15.3 Å². The average Bonchev–Trinajstić information content (AvgIpc) is 3.28. The lowest BCUT2D eigenvalue weighted by Gasteiger charge is -2.17. The third-order valence-corrected chi connectivity index (χ3v) is 7.15. The molecule has 8 heteroatoms. The first-order valence-corrected chi connectivity index (χ1v) is 12.2. The smallest absolute Gasteiger partial charge is 0.269 e. The van der Waals surface area contributed by atoms with Crippen LogP contribution in [0.2, 0.25) is 5.02 Å². The highest BCUT2D eigenvalue weighted by Crippen LogP contribution is 2.32. The molecule has 0 unspecified atom stereocenters. The van der Waals surface area contributed by atoms with E-state index in [4.69, 9.17) is 11.6 Å². The number of aromatic hydroxyl groups is 1. The number of thiazole rings is 1. The Kier molecular flexibility index (Phi) is 7.02. The minimum Gasteiger partial charge on any atom is -0.508 e. The quantitative estimate of drug-likeness (QED) is 0.542. The SMILES string of the molecule is CCN(CC)CCCn1c(=O)/c(=C/c2ccc(O)cc2)s/c1=C1\C(=O)Nc2ccc(Cl)cc21. The molecule has 33 heavy (non-hydrogen) atoms. The molecule has 0 saturated heterocycles. The number of nitrogens with one attached hydrogen (secondary N) is 1. The number of phenols is 1. The molecule has 6 nitrogen and oxygen atoms in total. The van der Waals surface area contributed by atoms with Gasteiger partial charge in [-0.15, -0.1) is 11.3 Å². The molecule has 2 N–H and O–H groups in total. The van der Waals surface area contributed by atoms with Crippen LogP contribution in [0.3, 0.4) is 0 Å². The largest absolute Gasteiger partial charge is 0.508 e. The van der Waals surface area contributed by atoms with Crippen molar-refractivity contribution in [3.8, 4) is 5.75 Å². The number of carbonyl (C=O) groups excluding carboxylic acids is 1. The number of rotatable bonds is 7. The van der Waals surface area contributed by atoms with Crippen LogP contribution in [0.4, 0.5) is 5.69 Å². The molecule has 1 aromatic heterocycles. The molecular formula is C25H26ClN3O3S. The van der Waals surface area contributed by atoms with E-state index in [1.54, 1.807) is 53.1 Å². The van der Waals surface area contributed by atoms with Crippen molar-refractivity contribution >= 4 is 46.2 Å². The fourth-order valence-corrected chi connectivity index (χ4v) is 5.34. The molecule has 1 aliphatic rings. The third-order valence-electron chi connectivity index (χ3n) is 5.79. The van der Waals surface area contributed by atoms with Crippen molar-refractivity contribution < 1.29 is 9.90 Å². The number of benzene rings is 2. The van der Waals surface area contributed by atoms with E-state index in [0.717, 1.165) is 31.6 Å². The van der Waals surface area contributed by atoms with Gasteiger partial charge in [0.2, 0.25) is 0 Å². The maximum Gasteiger partial charge on any atom is 0.269 e. The molecule has 0 radical (unpaired) electrons. The van der Waals surface area contributed by atoms with Crippen LogP contribution in [0, 0.1) is 0 Å². The highest BCUT2D eigenvalue weighted by molar-refractivity contribution is 7.07. The highest BCUT2D eigenvalue weighted by atomic mass is 35.5. The Hall–Kier alpha value is -2.87. The van der Waals surface area contributed by atoms with Gasteiger partial charge in [-0.05, 0) is 68.0 Å². The van der Waals surface area contributed by atoms with Crippen LogP contribution in [-0.4, -0.2) is 40.1 Å². The second-order valence-electron chi connectivity index (χ2n) is 7.86. The van der Waals surface area contributed by atoms with Gasteiger partial charge in [0.15, 0.2) is 0 Å². The van der Waals surface area contributed by atoms with E-state index in [1.165, 1.54) is 11.3 Å². The minimum absolute atomic E-state index is 0.126. The van der Waals surface area contributed by atoms with Gasteiger partial charge in [0.05, 0.1) is 10.1 Å². The summed E-state index contributed by atoms with van der Waals surface area (Å²) in [5.41, 5.74) is 2.56. The summed E-state index contributed by atoms with van der Waals surface area (Å²) in [6.45, 7) is 7.53. The first-order chi connectivity index (χ1) is 15.9. The summed E-state index contributed by atoms with van der Waals surface area (Å²) in [4.78, 5) is 28.7. The average molecular weight is 484 g/mol. The molecule has 1 aliphatic heterocycles. The van der Waals surface area contributed by atoms with Gasteiger partial charge in [0.25, 0.3) is 11.5 Å². The molecule has 0 bridgehead atoms. The first-order valence-electron chi connectivity index (χ1n) is 11.0. The lowest BCUT2D eigenvalue weighted by Crippen LogP contribution is -2.34. The Morgan fingerprint density at radius 3 is 2.55 bits per heavy atom. The fraction of sp³-hybridized carbons (Fsp3) is 0.280. The maximum absolute atomic E-state index is 13.4. The van der Waals surface area contributed by atoms with Crippen LogP contribution in [-0.2, 0) is 11.3 Å². The van der Waals surface area contributed by atoms with Crippen molar-refractivity contribution in [2.24, 2.45) is 0 Å². The summed E-state index contributed by atoms with van der Waals surface area (Å²) in [5.74, 6) is -0.0679. The molecule has 2 aromatic carbocycles. The van der Waals surface area contributed by atoms with Gasteiger partial charge in [-0.25, -0.2) is 0 Å². The number of fused-ring (bicyclic) bond motifs is 1. The van der Waals surface area contributed by atoms with E-state index in [9.17, 15) is 14.7 Å².